The number of unbranched alkanes of at least 4 members (excludes halogenated alkanes) is 2. The average Bonchev–Trinajstić information content (AvgIpc) is 3.04. The highest BCUT2D eigenvalue weighted by molar-refractivity contribution is 5.77. The molecule has 1 aromatic heterocycles. The van der Waals surface area contributed by atoms with Crippen LogP contribution in [-0.2, 0) is 17.6 Å². The molecule has 2 atom stereocenters. The van der Waals surface area contributed by atoms with Gasteiger partial charge in [-0.25, -0.2) is 4.98 Å². The summed E-state index contributed by atoms with van der Waals surface area (Å²) in [6.07, 6.45) is 8.82. The minimum Gasteiger partial charge on any atom is -0.493 e. The van der Waals surface area contributed by atoms with E-state index >= 15 is 0 Å². The number of nitrogens with zero attached hydrogens (tertiary/aromatic N) is 1. The number of carboxylic acid groups (broad SMARTS) is 1. The zero-order chi connectivity index (χ0) is 20.8. The van der Waals surface area contributed by atoms with E-state index in [4.69, 9.17) is 9.15 Å². The van der Waals surface area contributed by atoms with Gasteiger partial charge in [-0.2, -0.15) is 0 Å². The van der Waals surface area contributed by atoms with Crippen LogP contribution in [0.15, 0.2) is 28.7 Å². The van der Waals surface area contributed by atoms with Crippen LogP contribution in [0.5, 0.6) is 5.75 Å². The molecule has 0 spiro atoms. The number of rotatable bonds is 9. The van der Waals surface area contributed by atoms with E-state index in [9.17, 15) is 9.90 Å². The topological polar surface area (TPSA) is 84.6 Å². The fraction of sp³-hybridized carbons (Fsp3) is 0.478. The molecule has 156 valence electrons. The first-order valence-corrected chi connectivity index (χ1v) is 10.3. The summed E-state index contributed by atoms with van der Waals surface area (Å²) in [4.78, 5) is 16.1. The number of carbonyl (C=O) groups is 1. The maximum absolute atomic E-state index is 11.6. The molecular formula is C23H30N2O4. The summed E-state index contributed by atoms with van der Waals surface area (Å²) in [5, 5.41) is 12.6. The minimum absolute atomic E-state index is 0.135. The van der Waals surface area contributed by atoms with Gasteiger partial charge in [-0.1, -0.05) is 31.9 Å². The SMILES string of the molecule is CCCCC=Cc1nc(CCOc2ccc3c(c2)C(C(=O)O)N[C@@H](C)C3)c(C)o1. The first kappa shape index (κ1) is 21.1. The lowest BCUT2D eigenvalue weighted by atomic mass is 9.90. The maximum atomic E-state index is 11.6. The Morgan fingerprint density at radius 1 is 1.45 bits per heavy atom. The lowest BCUT2D eigenvalue weighted by Crippen LogP contribution is -2.41. The van der Waals surface area contributed by atoms with Crippen molar-refractivity contribution in [3.8, 4) is 5.75 Å². The maximum Gasteiger partial charge on any atom is 0.325 e. The highest BCUT2D eigenvalue weighted by Gasteiger charge is 2.29. The number of aromatic nitrogens is 1. The summed E-state index contributed by atoms with van der Waals surface area (Å²) in [6.45, 7) is 6.53. The molecule has 0 radical (unpaired) electrons. The second-order valence-electron chi connectivity index (χ2n) is 7.60. The number of hydrogen-bond acceptors (Lipinski definition) is 5. The Labute approximate surface area is 172 Å². The van der Waals surface area contributed by atoms with Gasteiger partial charge >= 0.3 is 5.97 Å². The van der Waals surface area contributed by atoms with Crippen LogP contribution in [0.25, 0.3) is 6.08 Å². The number of fused-ring (bicyclic) bond motifs is 1. The van der Waals surface area contributed by atoms with Crippen LogP contribution in [0.4, 0.5) is 0 Å². The van der Waals surface area contributed by atoms with Crippen molar-refractivity contribution >= 4 is 12.0 Å². The van der Waals surface area contributed by atoms with Crippen molar-refractivity contribution in [3.63, 3.8) is 0 Å². The summed E-state index contributed by atoms with van der Waals surface area (Å²) in [7, 11) is 0. The van der Waals surface area contributed by atoms with E-state index in [2.05, 4.69) is 23.3 Å². The quantitative estimate of drug-likeness (QED) is 0.607. The molecule has 0 amide bonds. The van der Waals surface area contributed by atoms with Crippen LogP contribution in [0, 0.1) is 6.92 Å². The van der Waals surface area contributed by atoms with Crippen molar-refractivity contribution < 1.29 is 19.1 Å². The van der Waals surface area contributed by atoms with Gasteiger partial charge in [0.1, 0.15) is 17.6 Å². The number of benzene rings is 1. The van der Waals surface area contributed by atoms with Gasteiger partial charge in [-0.05, 0) is 56.0 Å². The van der Waals surface area contributed by atoms with Crippen molar-refractivity contribution in [2.24, 2.45) is 0 Å². The third-order valence-corrected chi connectivity index (χ3v) is 5.15. The lowest BCUT2D eigenvalue weighted by Gasteiger charge is -2.29. The number of ether oxygens (including phenoxy) is 1. The van der Waals surface area contributed by atoms with Crippen molar-refractivity contribution in [2.75, 3.05) is 6.61 Å². The number of oxazole rings is 1. The number of carboxylic acids is 1. The van der Waals surface area contributed by atoms with E-state index in [0.717, 1.165) is 41.8 Å². The molecule has 1 aromatic carbocycles. The Hall–Kier alpha value is -2.60. The lowest BCUT2D eigenvalue weighted by molar-refractivity contribution is -0.140. The van der Waals surface area contributed by atoms with E-state index in [1.54, 1.807) is 0 Å². The third-order valence-electron chi connectivity index (χ3n) is 5.15. The number of aliphatic carboxylic acids is 1. The molecule has 0 saturated heterocycles. The number of hydrogen-bond donors (Lipinski definition) is 2. The van der Waals surface area contributed by atoms with Gasteiger partial charge in [-0.15, -0.1) is 0 Å². The summed E-state index contributed by atoms with van der Waals surface area (Å²) >= 11 is 0. The van der Waals surface area contributed by atoms with Crippen LogP contribution >= 0.6 is 0 Å². The Morgan fingerprint density at radius 3 is 3.03 bits per heavy atom. The van der Waals surface area contributed by atoms with E-state index < -0.39 is 12.0 Å². The Balaban J connectivity index is 1.60. The zero-order valence-corrected chi connectivity index (χ0v) is 17.4. The van der Waals surface area contributed by atoms with Gasteiger partial charge in [0.15, 0.2) is 0 Å². The second-order valence-corrected chi connectivity index (χ2v) is 7.60. The van der Waals surface area contributed by atoms with Gasteiger partial charge in [0, 0.05) is 12.5 Å². The molecule has 1 aliphatic heterocycles. The van der Waals surface area contributed by atoms with E-state index in [1.165, 1.54) is 6.42 Å². The first-order chi connectivity index (χ1) is 14.0. The van der Waals surface area contributed by atoms with Crippen LogP contribution in [-0.4, -0.2) is 28.7 Å². The Kier molecular flexibility index (Phi) is 7.09. The fourth-order valence-corrected chi connectivity index (χ4v) is 3.61. The molecule has 6 nitrogen and oxygen atoms in total. The van der Waals surface area contributed by atoms with E-state index in [-0.39, 0.29) is 6.04 Å². The zero-order valence-electron chi connectivity index (χ0n) is 17.4. The molecule has 6 heteroatoms. The number of allylic oxidation sites excluding steroid dienone is 1. The van der Waals surface area contributed by atoms with Crippen molar-refractivity contribution in [1.29, 1.82) is 0 Å². The summed E-state index contributed by atoms with van der Waals surface area (Å²) in [6, 6.07) is 5.16. The molecule has 0 aliphatic carbocycles. The van der Waals surface area contributed by atoms with Gasteiger partial charge in [-0.3, -0.25) is 10.1 Å². The normalized spacial score (nSPS) is 18.7. The van der Waals surface area contributed by atoms with Crippen LogP contribution in [0.1, 0.15) is 67.6 Å². The number of aryl methyl sites for hydroxylation is 1. The molecule has 2 aromatic rings. The van der Waals surface area contributed by atoms with Crippen LogP contribution in [0.3, 0.4) is 0 Å². The van der Waals surface area contributed by atoms with Gasteiger partial charge in [0.25, 0.3) is 0 Å². The van der Waals surface area contributed by atoms with Gasteiger partial charge in [0.2, 0.25) is 5.89 Å². The monoisotopic (exact) mass is 398 g/mol. The average molecular weight is 399 g/mol. The fourth-order valence-electron chi connectivity index (χ4n) is 3.61. The first-order valence-electron chi connectivity index (χ1n) is 10.3. The number of nitrogens with one attached hydrogen (secondary N) is 1. The summed E-state index contributed by atoms with van der Waals surface area (Å²) in [5.74, 6) is 1.24. The van der Waals surface area contributed by atoms with Gasteiger partial charge in [0.05, 0.1) is 12.3 Å². The van der Waals surface area contributed by atoms with E-state index in [1.807, 2.05) is 38.1 Å². The third kappa shape index (κ3) is 5.48. The smallest absolute Gasteiger partial charge is 0.325 e. The van der Waals surface area contributed by atoms with Crippen LogP contribution in [0.2, 0.25) is 0 Å². The van der Waals surface area contributed by atoms with Crippen molar-refractivity contribution in [3.05, 3.63) is 52.7 Å². The summed E-state index contributed by atoms with van der Waals surface area (Å²) in [5.41, 5.74) is 2.73. The predicted molar refractivity (Wildman–Crippen MR) is 112 cm³/mol. The van der Waals surface area contributed by atoms with Crippen LogP contribution < -0.4 is 10.1 Å². The predicted octanol–water partition coefficient (Wildman–Crippen LogP) is 4.47. The molecule has 1 aliphatic rings. The Morgan fingerprint density at radius 2 is 2.28 bits per heavy atom. The molecule has 0 bridgehead atoms. The standard InChI is InChI=1S/C23H30N2O4/c1-4-5-6-7-8-21-25-20(16(3)29-21)11-12-28-18-10-9-17-13-15(2)24-22(23(26)27)19(17)14-18/h7-10,14-15,22,24H,4-6,11-13H2,1-3H3,(H,26,27)/t15-,22?/m0/s1. The molecule has 0 fully saturated rings. The molecule has 1 unspecified atom stereocenters. The highest BCUT2D eigenvalue weighted by Crippen LogP contribution is 2.29. The van der Waals surface area contributed by atoms with Crippen molar-refractivity contribution in [2.45, 2.75) is 65.0 Å². The molecular weight excluding hydrogens is 368 g/mol. The highest BCUT2D eigenvalue weighted by atomic mass is 16.5. The van der Waals surface area contributed by atoms with Gasteiger partial charge < -0.3 is 14.3 Å². The Bertz CT molecular complexity index is 872. The molecule has 29 heavy (non-hydrogen) atoms. The van der Waals surface area contributed by atoms with E-state index in [0.29, 0.717) is 24.7 Å². The molecule has 0 saturated carbocycles. The second kappa shape index (κ2) is 9.74. The molecule has 3 rings (SSSR count). The summed E-state index contributed by atoms with van der Waals surface area (Å²) < 4.78 is 11.6. The minimum atomic E-state index is -0.868. The van der Waals surface area contributed by atoms with Crippen molar-refractivity contribution in [1.82, 2.24) is 10.3 Å². The molecule has 2 heterocycles. The molecule has 2 N–H and O–H groups in total. The largest absolute Gasteiger partial charge is 0.493 e.